The smallest absolute Gasteiger partial charge is 0.108 e. The summed E-state index contributed by atoms with van der Waals surface area (Å²) in [6.45, 7) is 2.69. The van der Waals surface area contributed by atoms with E-state index >= 15 is 0 Å². The lowest BCUT2D eigenvalue weighted by Gasteiger charge is -2.17. The van der Waals surface area contributed by atoms with E-state index in [4.69, 9.17) is 5.26 Å². The van der Waals surface area contributed by atoms with Crippen LogP contribution in [-0.2, 0) is 0 Å². The van der Waals surface area contributed by atoms with Gasteiger partial charge in [0, 0.05) is 19.6 Å². The number of hydrogen-bond acceptors (Lipinski definition) is 3. The van der Waals surface area contributed by atoms with E-state index in [1.807, 2.05) is 0 Å². The fourth-order valence-corrected chi connectivity index (χ4v) is 0.745. The Labute approximate surface area is 48.7 Å². The summed E-state index contributed by atoms with van der Waals surface area (Å²) in [4.78, 5) is 0. The minimum absolute atomic E-state index is 0.0312. The molecule has 1 aliphatic heterocycles. The van der Waals surface area contributed by atoms with Crippen LogP contribution in [0, 0.1) is 11.3 Å². The molecular formula is C5H9N3. The van der Waals surface area contributed by atoms with Gasteiger partial charge in [0.2, 0.25) is 0 Å². The summed E-state index contributed by atoms with van der Waals surface area (Å²) >= 11 is 0. The normalized spacial score (nSPS) is 29.1. The maximum absolute atomic E-state index is 8.34. The lowest BCUT2D eigenvalue weighted by Crippen LogP contribution is -2.47. The Morgan fingerprint density at radius 3 is 2.75 bits per heavy atom. The van der Waals surface area contributed by atoms with Crippen molar-refractivity contribution in [1.82, 2.24) is 10.6 Å². The topological polar surface area (TPSA) is 47.9 Å². The van der Waals surface area contributed by atoms with E-state index in [0.717, 1.165) is 19.6 Å². The molecule has 3 nitrogen and oxygen atoms in total. The number of hydrogen-bond donors (Lipinski definition) is 2. The SMILES string of the molecule is N#C[C@@H]1CNCCN1. The monoisotopic (exact) mass is 111 g/mol. The molecule has 0 spiro atoms. The molecule has 0 unspecified atom stereocenters. The number of nitrogens with one attached hydrogen (secondary N) is 2. The van der Waals surface area contributed by atoms with Crippen molar-refractivity contribution in [3.05, 3.63) is 0 Å². The molecule has 1 fully saturated rings. The number of nitriles is 1. The second-order valence-corrected chi connectivity index (χ2v) is 1.84. The van der Waals surface area contributed by atoms with Crippen molar-refractivity contribution in [3.63, 3.8) is 0 Å². The molecule has 1 saturated heterocycles. The Morgan fingerprint density at radius 1 is 1.50 bits per heavy atom. The van der Waals surface area contributed by atoms with Crippen LogP contribution in [0.5, 0.6) is 0 Å². The molecule has 0 radical (unpaired) electrons. The average molecular weight is 111 g/mol. The van der Waals surface area contributed by atoms with Gasteiger partial charge in [-0.1, -0.05) is 0 Å². The first-order chi connectivity index (χ1) is 3.93. The molecule has 0 saturated carbocycles. The van der Waals surface area contributed by atoms with E-state index in [1.54, 1.807) is 0 Å². The van der Waals surface area contributed by atoms with Gasteiger partial charge in [-0.2, -0.15) is 5.26 Å². The van der Waals surface area contributed by atoms with Gasteiger partial charge in [-0.05, 0) is 0 Å². The zero-order valence-corrected chi connectivity index (χ0v) is 4.65. The highest BCUT2D eigenvalue weighted by Crippen LogP contribution is 1.81. The molecule has 44 valence electrons. The summed E-state index contributed by atoms with van der Waals surface area (Å²) in [5, 5.41) is 14.5. The molecule has 0 aliphatic carbocycles. The van der Waals surface area contributed by atoms with Crippen LogP contribution in [0.4, 0.5) is 0 Å². The molecule has 0 amide bonds. The Kier molecular flexibility index (Phi) is 1.84. The Morgan fingerprint density at radius 2 is 2.38 bits per heavy atom. The minimum atomic E-state index is 0.0312. The number of piperazine rings is 1. The van der Waals surface area contributed by atoms with Crippen molar-refractivity contribution in [2.24, 2.45) is 0 Å². The lowest BCUT2D eigenvalue weighted by molar-refractivity contribution is 0.477. The predicted molar refractivity (Wildman–Crippen MR) is 30.3 cm³/mol. The summed E-state index contributed by atoms with van der Waals surface area (Å²) in [6, 6.07) is 2.16. The summed E-state index contributed by atoms with van der Waals surface area (Å²) < 4.78 is 0. The fraction of sp³-hybridized carbons (Fsp3) is 0.800. The molecule has 2 N–H and O–H groups in total. The van der Waals surface area contributed by atoms with Gasteiger partial charge < -0.3 is 5.32 Å². The first-order valence-corrected chi connectivity index (χ1v) is 2.77. The van der Waals surface area contributed by atoms with Gasteiger partial charge in [0.1, 0.15) is 6.04 Å². The third-order valence-electron chi connectivity index (χ3n) is 1.20. The fourth-order valence-electron chi connectivity index (χ4n) is 0.745. The van der Waals surface area contributed by atoms with Crippen LogP contribution >= 0.6 is 0 Å². The molecule has 1 rings (SSSR count). The molecule has 1 atom stereocenters. The summed E-state index contributed by atoms with van der Waals surface area (Å²) in [5.41, 5.74) is 0. The molecule has 0 aromatic carbocycles. The number of nitrogens with zero attached hydrogens (tertiary/aromatic N) is 1. The zero-order valence-electron chi connectivity index (χ0n) is 4.65. The Balaban J connectivity index is 2.25. The van der Waals surface area contributed by atoms with E-state index < -0.39 is 0 Å². The lowest BCUT2D eigenvalue weighted by atomic mass is 10.3. The van der Waals surface area contributed by atoms with Crippen molar-refractivity contribution in [2.75, 3.05) is 19.6 Å². The Hall–Kier alpha value is -0.590. The second kappa shape index (κ2) is 2.65. The highest BCUT2D eigenvalue weighted by atomic mass is 15.0. The highest BCUT2D eigenvalue weighted by Gasteiger charge is 2.08. The highest BCUT2D eigenvalue weighted by molar-refractivity contribution is 4.93. The Bertz CT molecular complexity index is 98.7. The predicted octanol–water partition coefficient (Wildman–Crippen LogP) is -0.929. The van der Waals surface area contributed by atoms with Crippen molar-refractivity contribution in [3.8, 4) is 6.07 Å². The molecule has 1 heterocycles. The van der Waals surface area contributed by atoms with E-state index in [0.29, 0.717) is 0 Å². The average Bonchev–Trinajstić information content (AvgIpc) is 1.90. The standard InChI is InChI=1S/C5H9N3/c6-3-5-4-7-1-2-8-5/h5,7-8H,1-2,4H2/t5-/m1/s1. The van der Waals surface area contributed by atoms with Gasteiger partial charge in [0.25, 0.3) is 0 Å². The van der Waals surface area contributed by atoms with Gasteiger partial charge in [-0.25, -0.2) is 0 Å². The van der Waals surface area contributed by atoms with Crippen LogP contribution < -0.4 is 10.6 Å². The molecule has 3 heteroatoms. The molecule has 1 aliphatic rings. The van der Waals surface area contributed by atoms with Crippen LogP contribution in [0.2, 0.25) is 0 Å². The first kappa shape index (κ1) is 5.54. The van der Waals surface area contributed by atoms with Crippen molar-refractivity contribution >= 4 is 0 Å². The number of rotatable bonds is 0. The van der Waals surface area contributed by atoms with Gasteiger partial charge in [-0.3, -0.25) is 5.32 Å². The van der Waals surface area contributed by atoms with Crippen molar-refractivity contribution in [1.29, 1.82) is 5.26 Å². The maximum atomic E-state index is 8.34. The molecular weight excluding hydrogens is 102 g/mol. The molecule has 0 bridgehead atoms. The van der Waals surface area contributed by atoms with E-state index in [2.05, 4.69) is 16.7 Å². The van der Waals surface area contributed by atoms with Crippen LogP contribution in [0.15, 0.2) is 0 Å². The quantitative estimate of drug-likeness (QED) is 0.424. The second-order valence-electron chi connectivity index (χ2n) is 1.84. The third kappa shape index (κ3) is 1.19. The summed E-state index contributed by atoms with van der Waals surface area (Å²) in [6.07, 6.45) is 0. The largest absolute Gasteiger partial charge is 0.313 e. The minimum Gasteiger partial charge on any atom is -0.313 e. The molecule has 0 aromatic rings. The van der Waals surface area contributed by atoms with Gasteiger partial charge >= 0.3 is 0 Å². The zero-order chi connectivity index (χ0) is 5.82. The van der Waals surface area contributed by atoms with Gasteiger partial charge in [-0.15, -0.1) is 0 Å². The van der Waals surface area contributed by atoms with Crippen LogP contribution in [-0.4, -0.2) is 25.7 Å². The van der Waals surface area contributed by atoms with Crippen LogP contribution in [0.1, 0.15) is 0 Å². The van der Waals surface area contributed by atoms with Gasteiger partial charge in [0.05, 0.1) is 6.07 Å². The van der Waals surface area contributed by atoms with E-state index in [9.17, 15) is 0 Å². The van der Waals surface area contributed by atoms with Crippen molar-refractivity contribution < 1.29 is 0 Å². The maximum Gasteiger partial charge on any atom is 0.108 e. The van der Waals surface area contributed by atoms with E-state index in [-0.39, 0.29) is 6.04 Å². The van der Waals surface area contributed by atoms with Crippen LogP contribution in [0.3, 0.4) is 0 Å². The molecule has 8 heavy (non-hydrogen) atoms. The summed E-state index contributed by atoms with van der Waals surface area (Å²) in [5.74, 6) is 0. The first-order valence-electron chi connectivity index (χ1n) is 2.77. The van der Waals surface area contributed by atoms with Crippen LogP contribution in [0.25, 0.3) is 0 Å². The summed E-state index contributed by atoms with van der Waals surface area (Å²) in [7, 11) is 0. The molecule has 0 aromatic heterocycles. The van der Waals surface area contributed by atoms with Gasteiger partial charge in [0.15, 0.2) is 0 Å². The van der Waals surface area contributed by atoms with Crippen molar-refractivity contribution in [2.45, 2.75) is 6.04 Å². The third-order valence-corrected chi connectivity index (χ3v) is 1.20. The van der Waals surface area contributed by atoms with E-state index in [1.165, 1.54) is 0 Å².